The Morgan fingerprint density at radius 3 is 2.35 bits per heavy atom. The van der Waals surface area contributed by atoms with Gasteiger partial charge in [0, 0.05) is 36.8 Å². The number of fused-ring (bicyclic) bond motifs is 1. The molecular weight excluding hydrogens is 307 g/mol. The molecule has 0 saturated heterocycles. The van der Waals surface area contributed by atoms with Gasteiger partial charge in [0.1, 0.15) is 5.82 Å². The number of nitrogens with zero attached hydrogens (tertiary/aromatic N) is 2. The second-order valence-electron chi connectivity index (χ2n) is 5.54. The lowest BCUT2D eigenvalue weighted by Gasteiger charge is -2.21. The molecule has 2 aromatic carbocycles. The highest BCUT2D eigenvalue weighted by Crippen LogP contribution is 2.32. The minimum atomic E-state index is -0.245. The quantitative estimate of drug-likeness (QED) is 0.556. The van der Waals surface area contributed by atoms with Crippen LogP contribution in [0.15, 0.2) is 60.9 Å². The van der Waals surface area contributed by atoms with Crippen LogP contribution in [0.5, 0.6) is 0 Å². The Hall–Kier alpha value is -2.33. The van der Waals surface area contributed by atoms with Crippen molar-refractivity contribution in [3.63, 3.8) is 0 Å². The lowest BCUT2D eigenvalue weighted by molar-refractivity contribution is 0.593. The fraction of sp³-hybridized carbons (Fsp3) is 0.105. The molecule has 3 aromatic rings. The first-order chi connectivity index (χ1) is 11.1. The second kappa shape index (κ2) is 6.42. The van der Waals surface area contributed by atoms with Crippen LogP contribution < -0.4 is 0 Å². The van der Waals surface area contributed by atoms with E-state index in [1.807, 2.05) is 43.4 Å². The standard InChI is InChI=1S/C19H17FN2S/c1-22(2)18(13-5-7-17(20)8-6-13)19(23)15-3-4-16-12-21-10-9-14(16)11-15/h3-12,23H,1-2H3/b19-18-. The van der Waals surface area contributed by atoms with Crippen molar-refractivity contribution in [3.05, 3.63) is 77.9 Å². The summed E-state index contributed by atoms with van der Waals surface area (Å²) in [7, 11) is 3.92. The molecule has 23 heavy (non-hydrogen) atoms. The van der Waals surface area contributed by atoms with E-state index in [0.717, 1.165) is 32.5 Å². The van der Waals surface area contributed by atoms with Crippen LogP contribution in [0.1, 0.15) is 11.1 Å². The van der Waals surface area contributed by atoms with Gasteiger partial charge in [-0.1, -0.05) is 12.1 Å². The Kier molecular flexibility index (Phi) is 4.35. The van der Waals surface area contributed by atoms with Gasteiger partial charge in [0.05, 0.1) is 5.70 Å². The van der Waals surface area contributed by atoms with Gasteiger partial charge in [0.2, 0.25) is 0 Å². The summed E-state index contributed by atoms with van der Waals surface area (Å²) in [6, 6.07) is 14.6. The van der Waals surface area contributed by atoms with Crippen molar-refractivity contribution >= 4 is 34.0 Å². The van der Waals surface area contributed by atoms with Crippen molar-refractivity contribution in [2.24, 2.45) is 0 Å². The molecule has 0 N–H and O–H groups in total. The maximum absolute atomic E-state index is 13.2. The number of benzene rings is 2. The van der Waals surface area contributed by atoms with Crippen molar-refractivity contribution in [3.8, 4) is 0 Å². The van der Waals surface area contributed by atoms with Crippen LogP contribution in [0.4, 0.5) is 4.39 Å². The van der Waals surface area contributed by atoms with E-state index in [1.165, 1.54) is 12.1 Å². The molecule has 1 heterocycles. The molecule has 0 amide bonds. The molecule has 2 nitrogen and oxygen atoms in total. The molecule has 3 rings (SSSR count). The predicted molar refractivity (Wildman–Crippen MR) is 97.6 cm³/mol. The Morgan fingerprint density at radius 2 is 1.65 bits per heavy atom. The summed E-state index contributed by atoms with van der Waals surface area (Å²) < 4.78 is 13.2. The summed E-state index contributed by atoms with van der Waals surface area (Å²) >= 11 is 4.75. The Morgan fingerprint density at radius 1 is 0.957 bits per heavy atom. The van der Waals surface area contributed by atoms with E-state index < -0.39 is 0 Å². The highest BCUT2D eigenvalue weighted by Gasteiger charge is 2.11. The summed E-state index contributed by atoms with van der Waals surface area (Å²) in [6.07, 6.45) is 3.62. The first-order valence-corrected chi connectivity index (χ1v) is 7.71. The Balaban J connectivity index is 2.15. The van der Waals surface area contributed by atoms with Crippen LogP contribution in [0.3, 0.4) is 0 Å². The maximum Gasteiger partial charge on any atom is 0.123 e. The zero-order chi connectivity index (χ0) is 16.4. The van der Waals surface area contributed by atoms with E-state index in [9.17, 15) is 4.39 Å². The van der Waals surface area contributed by atoms with Crippen molar-refractivity contribution in [2.75, 3.05) is 14.1 Å². The molecule has 0 unspecified atom stereocenters. The lowest BCUT2D eigenvalue weighted by Crippen LogP contribution is -2.11. The summed E-state index contributed by atoms with van der Waals surface area (Å²) in [5.74, 6) is -0.245. The zero-order valence-corrected chi connectivity index (χ0v) is 13.9. The number of halogens is 1. The van der Waals surface area contributed by atoms with Crippen LogP contribution >= 0.6 is 12.6 Å². The molecule has 1 aromatic heterocycles. The maximum atomic E-state index is 13.2. The lowest BCUT2D eigenvalue weighted by atomic mass is 10.0. The van der Waals surface area contributed by atoms with Crippen molar-refractivity contribution < 1.29 is 4.39 Å². The molecule has 0 fully saturated rings. The third-order valence-electron chi connectivity index (χ3n) is 3.70. The minimum Gasteiger partial charge on any atom is -0.376 e. The number of thiol groups is 1. The summed E-state index contributed by atoms with van der Waals surface area (Å²) in [5, 5.41) is 2.20. The SMILES string of the molecule is CN(C)/C(=C(\S)c1ccc2cnccc2c1)c1ccc(F)cc1. The van der Waals surface area contributed by atoms with Crippen LogP contribution in [0.2, 0.25) is 0 Å². The van der Waals surface area contributed by atoms with Crippen LogP contribution in [-0.4, -0.2) is 24.0 Å². The third kappa shape index (κ3) is 3.22. The van der Waals surface area contributed by atoms with E-state index in [1.54, 1.807) is 18.3 Å². The molecule has 4 heteroatoms. The van der Waals surface area contributed by atoms with E-state index >= 15 is 0 Å². The van der Waals surface area contributed by atoms with E-state index in [2.05, 4.69) is 11.1 Å². The summed E-state index contributed by atoms with van der Waals surface area (Å²) in [4.78, 5) is 6.97. The van der Waals surface area contributed by atoms with E-state index in [0.29, 0.717) is 0 Å². The molecule has 0 aliphatic carbocycles. The van der Waals surface area contributed by atoms with Gasteiger partial charge < -0.3 is 4.90 Å². The van der Waals surface area contributed by atoms with Gasteiger partial charge in [-0.25, -0.2) is 4.39 Å². The number of hydrogen-bond acceptors (Lipinski definition) is 3. The van der Waals surface area contributed by atoms with Gasteiger partial charge >= 0.3 is 0 Å². The first kappa shape index (κ1) is 15.6. The van der Waals surface area contributed by atoms with E-state index in [-0.39, 0.29) is 5.82 Å². The van der Waals surface area contributed by atoms with Crippen molar-refractivity contribution in [2.45, 2.75) is 0 Å². The molecule has 0 aliphatic heterocycles. The van der Waals surface area contributed by atoms with Crippen LogP contribution in [0.25, 0.3) is 21.4 Å². The zero-order valence-electron chi connectivity index (χ0n) is 13.0. The molecule has 0 aliphatic rings. The van der Waals surface area contributed by atoms with Crippen LogP contribution in [0, 0.1) is 5.82 Å². The van der Waals surface area contributed by atoms with Crippen LogP contribution in [-0.2, 0) is 0 Å². The van der Waals surface area contributed by atoms with Gasteiger partial charge in [-0.2, -0.15) is 0 Å². The van der Waals surface area contributed by atoms with Gasteiger partial charge in [0.15, 0.2) is 0 Å². The Bertz CT molecular complexity index is 870. The van der Waals surface area contributed by atoms with Crippen molar-refractivity contribution in [1.82, 2.24) is 9.88 Å². The highest BCUT2D eigenvalue weighted by atomic mass is 32.1. The summed E-state index contributed by atoms with van der Waals surface area (Å²) in [5.41, 5.74) is 2.89. The van der Waals surface area contributed by atoms with Gasteiger partial charge in [-0.05, 0) is 52.9 Å². The van der Waals surface area contributed by atoms with Gasteiger partial charge in [0.25, 0.3) is 0 Å². The van der Waals surface area contributed by atoms with Crippen molar-refractivity contribution in [1.29, 1.82) is 0 Å². The predicted octanol–water partition coefficient (Wildman–Crippen LogP) is 4.69. The van der Waals surface area contributed by atoms with E-state index in [4.69, 9.17) is 12.6 Å². The normalized spacial score (nSPS) is 12.2. The molecule has 116 valence electrons. The third-order valence-corrected chi connectivity index (χ3v) is 4.17. The number of rotatable bonds is 3. The smallest absolute Gasteiger partial charge is 0.123 e. The molecule has 0 bridgehead atoms. The molecule has 0 atom stereocenters. The number of pyridine rings is 1. The largest absolute Gasteiger partial charge is 0.376 e. The first-order valence-electron chi connectivity index (χ1n) is 7.27. The number of aromatic nitrogens is 1. The fourth-order valence-electron chi connectivity index (χ4n) is 2.58. The molecule has 0 saturated carbocycles. The van der Waals surface area contributed by atoms with Gasteiger partial charge in [-0.15, -0.1) is 12.6 Å². The molecule has 0 radical (unpaired) electrons. The fourth-order valence-corrected chi connectivity index (χ4v) is 3.05. The average molecular weight is 324 g/mol. The second-order valence-corrected chi connectivity index (χ2v) is 5.98. The molecule has 0 spiro atoms. The monoisotopic (exact) mass is 324 g/mol. The Labute approximate surface area is 140 Å². The highest BCUT2D eigenvalue weighted by molar-refractivity contribution is 7.90. The molecular formula is C19H17FN2S. The minimum absolute atomic E-state index is 0.245. The van der Waals surface area contributed by atoms with Gasteiger partial charge in [-0.3, -0.25) is 4.98 Å². The number of hydrogen-bond donors (Lipinski definition) is 1. The average Bonchev–Trinajstić information content (AvgIpc) is 2.56. The topological polar surface area (TPSA) is 16.1 Å². The summed E-state index contributed by atoms with van der Waals surface area (Å²) in [6.45, 7) is 0.